The van der Waals surface area contributed by atoms with E-state index in [0.717, 1.165) is 0 Å². The molecule has 0 aliphatic carbocycles. The molecule has 0 radical (unpaired) electrons. The molecule has 2 N–H and O–H groups in total. The second-order valence-electron chi connectivity index (χ2n) is 6.20. The zero-order valence-electron chi connectivity index (χ0n) is 13.0. The lowest BCUT2D eigenvalue weighted by molar-refractivity contribution is -0.124. The van der Waals surface area contributed by atoms with Crippen molar-refractivity contribution in [2.75, 3.05) is 13.2 Å². The van der Waals surface area contributed by atoms with Crippen LogP contribution in [-0.4, -0.2) is 30.3 Å². The van der Waals surface area contributed by atoms with Crippen molar-refractivity contribution < 1.29 is 19.0 Å². The predicted molar refractivity (Wildman–Crippen MR) is 79.5 cm³/mol. The summed E-state index contributed by atoms with van der Waals surface area (Å²) in [5, 5.41) is 12.8. The highest BCUT2D eigenvalue weighted by molar-refractivity contribution is 5.77. The van der Waals surface area contributed by atoms with Crippen LogP contribution in [0.1, 0.15) is 27.7 Å². The number of benzene rings is 1. The van der Waals surface area contributed by atoms with Gasteiger partial charge in [0.05, 0.1) is 6.10 Å². The highest BCUT2D eigenvalue weighted by Gasteiger charge is 2.30. The molecule has 0 aliphatic rings. The first kappa shape index (κ1) is 17.4. The molecule has 0 saturated heterocycles. The molecule has 1 aromatic rings. The van der Waals surface area contributed by atoms with Crippen molar-refractivity contribution in [3.05, 3.63) is 30.1 Å². The fraction of sp³-hybridized carbons (Fsp3) is 0.562. The van der Waals surface area contributed by atoms with Crippen LogP contribution in [0.2, 0.25) is 0 Å². The van der Waals surface area contributed by atoms with Crippen LogP contribution in [0.25, 0.3) is 0 Å². The van der Waals surface area contributed by atoms with Crippen LogP contribution in [0.5, 0.6) is 5.75 Å². The van der Waals surface area contributed by atoms with Crippen molar-refractivity contribution in [1.29, 1.82) is 0 Å². The lowest BCUT2D eigenvalue weighted by Gasteiger charge is -2.33. The Morgan fingerprint density at radius 1 is 1.33 bits per heavy atom. The molecule has 0 heterocycles. The van der Waals surface area contributed by atoms with Gasteiger partial charge in [-0.05, 0) is 30.2 Å². The number of nitrogens with one attached hydrogen (secondary N) is 1. The Morgan fingerprint density at radius 3 is 2.43 bits per heavy atom. The van der Waals surface area contributed by atoms with Gasteiger partial charge in [0, 0.05) is 12.0 Å². The van der Waals surface area contributed by atoms with Gasteiger partial charge in [-0.3, -0.25) is 4.79 Å². The van der Waals surface area contributed by atoms with Crippen molar-refractivity contribution >= 4 is 5.91 Å². The SMILES string of the molecule is CC(C)C(O)C(C)(C)CNC(=O)COc1ccc(F)cc1. The quantitative estimate of drug-likeness (QED) is 0.812. The van der Waals surface area contributed by atoms with Gasteiger partial charge >= 0.3 is 0 Å². The molecule has 4 nitrogen and oxygen atoms in total. The molecule has 0 aliphatic heterocycles. The fourth-order valence-corrected chi connectivity index (χ4v) is 2.06. The maximum absolute atomic E-state index is 12.7. The van der Waals surface area contributed by atoms with E-state index >= 15 is 0 Å². The number of carbonyl (C=O) groups excluding carboxylic acids is 1. The average Bonchev–Trinajstić information content (AvgIpc) is 2.43. The fourth-order valence-electron chi connectivity index (χ4n) is 2.06. The Hall–Kier alpha value is -1.62. The minimum Gasteiger partial charge on any atom is -0.484 e. The van der Waals surface area contributed by atoms with E-state index in [1.54, 1.807) is 0 Å². The number of ether oxygens (including phenoxy) is 1. The number of aliphatic hydroxyl groups is 1. The van der Waals surface area contributed by atoms with E-state index in [2.05, 4.69) is 5.32 Å². The van der Waals surface area contributed by atoms with E-state index in [0.29, 0.717) is 12.3 Å². The van der Waals surface area contributed by atoms with Crippen LogP contribution >= 0.6 is 0 Å². The highest BCUT2D eigenvalue weighted by Crippen LogP contribution is 2.25. The van der Waals surface area contributed by atoms with E-state index in [-0.39, 0.29) is 24.2 Å². The van der Waals surface area contributed by atoms with Crippen LogP contribution < -0.4 is 10.1 Å². The third-order valence-corrected chi connectivity index (χ3v) is 3.36. The summed E-state index contributed by atoms with van der Waals surface area (Å²) in [4.78, 5) is 11.7. The molecule has 0 spiro atoms. The lowest BCUT2D eigenvalue weighted by atomic mass is 9.81. The summed E-state index contributed by atoms with van der Waals surface area (Å²) >= 11 is 0. The standard InChI is InChI=1S/C16H24FNO3/c1-11(2)15(20)16(3,4)10-18-14(19)9-21-13-7-5-12(17)6-8-13/h5-8,11,15,20H,9-10H2,1-4H3,(H,18,19). The lowest BCUT2D eigenvalue weighted by Crippen LogP contribution is -2.44. The van der Waals surface area contributed by atoms with Crippen LogP contribution in [0.3, 0.4) is 0 Å². The number of hydrogen-bond acceptors (Lipinski definition) is 3. The number of carbonyl (C=O) groups is 1. The molecule has 5 heteroatoms. The highest BCUT2D eigenvalue weighted by atomic mass is 19.1. The predicted octanol–water partition coefficient (Wildman–Crippen LogP) is 2.36. The molecule has 0 aromatic heterocycles. The van der Waals surface area contributed by atoms with E-state index < -0.39 is 11.5 Å². The van der Waals surface area contributed by atoms with E-state index in [1.807, 2.05) is 27.7 Å². The number of halogens is 1. The Labute approximate surface area is 125 Å². The molecule has 1 atom stereocenters. The number of aliphatic hydroxyl groups excluding tert-OH is 1. The smallest absolute Gasteiger partial charge is 0.257 e. The Morgan fingerprint density at radius 2 is 1.90 bits per heavy atom. The molecule has 1 unspecified atom stereocenters. The Bertz CT molecular complexity index is 457. The minimum atomic E-state index is -0.504. The van der Waals surface area contributed by atoms with Gasteiger partial charge in [-0.15, -0.1) is 0 Å². The van der Waals surface area contributed by atoms with Crippen molar-refractivity contribution in [2.24, 2.45) is 11.3 Å². The molecule has 1 rings (SSSR count). The second kappa shape index (κ2) is 7.41. The Balaban J connectivity index is 2.39. The summed E-state index contributed by atoms with van der Waals surface area (Å²) in [7, 11) is 0. The van der Waals surface area contributed by atoms with Gasteiger partial charge in [0.2, 0.25) is 0 Å². The van der Waals surface area contributed by atoms with Crippen molar-refractivity contribution in [3.8, 4) is 5.75 Å². The summed E-state index contributed by atoms with van der Waals surface area (Å²) in [5.74, 6) is -0.0695. The van der Waals surface area contributed by atoms with Gasteiger partial charge in [-0.1, -0.05) is 27.7 Å². The molecule has 118 valence electrons. The summed E-state index contributed by atoms with van der Waals surface area (Å²) in [6.45, 7) is 7.90. The normalized spacial score (nSPS) is 13.1. The average molecular weight is 297 g/mol. The molecule has 1 aromatic carbocycles. The maximum Gasteiger partial charge on any atom is 0.257 e. The molecular formula is C16H24FNO3. The monoisotopic (exact) mass is 297 g/mol. The van der Waals surface area contributed by atoms with Gasteiger partial charge < -0.3 is 15.2 Å². The third-order valence-electron chi connectivity index (χ3n) is 3.36. The molecule has 1 amide bonds. The largest absolute Gasteiger partial charge is 0.484 e. The molecule has 0 fully saturated rings. The first-order chi connectivity index (χ1) is 9.72. The van der Waals surface area contributed by atoms with Gasteiger partial charge in [0.1, 0.15) is 11.6 Å². The van der Waals surface area contributed by atoms with E-state index in [4.69, 9.17) is 4.74 Å². The van der Waals surface area contributed by atoms with Crippen LogP contribution in [0, 0.1) is 17.2 Å². The first-order valence-electron chi connectivity index (χ1n) is 7.05. The topological polar surface area (TPSA) is 58.6 Å². The zero-order valence-corrected chi connectivity index (χ0v) is 13.0. The van der Waals surface area contributed by atoms with Crippen molar-refractivity contribution in [1.82, 2.24) is 5.32 Å². The molecule has 21 heavy (non-hydrogen) atoms. The number of hydrogen-bond donors (Lipinski definition) is 2. The third kappa shape index (κ3) is 5.71. The van der Waals surface area contributed by atoms with Gasteiger partial charge in [-0.2, -0.15) is 0 Å². The first-order valence-corrected chi connectivity index (χ1v) is 7.05. The number of rotatable bonds is 7. The van der Waals surface area contributed by atoms with Crippen molar-refractivity contribution in [3.63, 3.8) is 0 Å². The molecular weight excluding hydrogens is 273 g/mol. The van der Waals surface area contributed by atoms with E-state index in [9.17, 15) is 14.3 Å². The van der Waals surface area contributed by atoms with Gasteiger partial charge in [-0.25, -0.2) is 4.39 Å². The van der Waals surface area contributed by atoms with Crippen LogP contribution in [0.15, 0.2) is 24.3 Å². The number of amides is 1. The molecule has 0 bridgehead atoms. The maximum atomic E-state index is 12.7. The minimum absolute atomic E-state index is 0.118. The van der Waals surface area contributed by atoms with E-state index in [1.165, 1.54) is 24.3 Å². The zero-order chi connectivity index (χ0) is 16.0. The van der Waals surface area contributed by atoms with Gasteiger partial charge in [0.25, 0.3) is 5.91 Å². The summed E-state index contributed by atoms with van der Waals surface area (Å²) in [6, 6.07) is 5.48. The Kier molecular flexibility index (Phi) is 6.15. The van der Waals surface area contributed by atoms with Gasteiger partial charge in [0.15, 0.2) is 6.61 Å². The summed E-state index contributed by atoms with van der Waals surface area (Å²) in [6.07, 6.45) is -0.504. The van der Waals surface area contributed by atoms with Crippen LogP contribution in [0.4, 0.5) is 4.39 Å². The van der Waals surface area contributed by atoms with Crippen molar-refractivity contribution in [2.45, 2.75) is 33.8 Å². The van der Waals surface area contributed by atoms with Crippen LogP contribution in [-0.2, 0) is 4.79 Å². The summed E-state index contributed by atoms with van der Waals surface area (Å²) < 4.78 is 18.0. The summed E-state index contributed by atoms with van der Waals surface area (Å²) in [5.41, 5.74) is -0.417. The molecule has 0 saturated carbocycles. The second-order valence-corrected chi connectivity index (χ2v) is 6.20.